The first-order valence-corrected chi connectivity index (χ1v) is 18.6. The molecule has 266 valence electrons. The molecule has 0 bridgehead atoms. The van der Waals surface area contributed by atoms with Gasteiger partial charge in [0.25, 0.3) is 0 Å². The van der Waals surface area contributed by atoms with E-state index in [0.717, 1.165) is 60.1 Å². The molecule has 3 nitrogen and oxygen atoms in total. The summed E-state index contributed by atoms with van der Waals surface area (Å²) in [6.07, 6.45) is 0. The third kappa shape index (κ3) is 4.73. The van der Waals surface area contributed by atoms with Crippen molar-refractivity contribution in [2.45, 2.75) is 0 Å². The van der Waals surface area contributed by atoms with Crippen LogP contribution in [0.2, 0.25) is 0 Å². The van der Waals surface area contributed by atoms with Crippen LogP contribution in [-0.2, 0) is 0 Å². The van der Waals surface area contributed by atoms with Gasteiger partial charge in [0.05, 0.1) is 62.3 Å². The van der Waals surface area contributed by atoms with Gasteiger partial charge in [-0.05, 0) is 76.8 Å². The van der Waals surface area contributed by atoms with Crippen LogP contribution in [0.4, 0.5) is 0 Å². The average Bonchev–Trinajstić information content (AvgIpc) is 4.02. The second-order valence-corrected chi connectivity index (χ2v) is 13.9. The van der Waals surface area contributed by atoms with Crippen molar-refractivity contribution >= 4 is 65.4 Å². The number of benzene rings is 9. The topological polar surface area (TPSA) is 14.8 Å². The minimum absolute atomic E-state index is 0.102. The molecule has 0 aliphatic carbocycles. The van der Waals surface area contributed by atoms with Crippen LogP contribution in [-0.4, -0.2) is 13.7 Å². The highest BCUT2D eigenvalue weighted by molar-refractivity contribution is 6.18. The van der Waals surface area contributed by atoms with E-state index >= 15 is 0 Å². The summed E-state index contributed by atoms with van der Waals surface area (Å²) in [6, 6.07) is 35.6. The third-order valence-corrected chi connectivity index (χ3v) is 10.9. The van der Waals surface area contributed by atoms with Crippen molar-refractivity contribution in [3.63, 3.8) is 0 Å². The SMILES string of the molecule is [2H]c1c([2H])c([2H])c(-c2c([2H])c([2H])c(-c3c([2H])c([2H])c(-n4c5ccccc5c5cccc(-n6c7ccccc7c7c(-n8c9ccccc9c9ccccc98)cccc76)c54)c([2H])c3[2H])c([2H])c2[2H])c([2H])c1[2H]. The lowest BCUT2D eigenvalue weighted by Gasteiger charge is -2.15. The monoisotopic (exact) mass is 738 g/mol. The number of fused-ring (bicyclic) bond motifs is 9. The van der Waals surface area contributed by atoms with Crippen molar-refractivity contribution in [2.75, 3.05) is 0 Å². The molecule has 0 radical (unpaired) electrons. The maximum atomic E-state index is 9.70. The molecule has 12 rings (SSSR count). The van der Waals surface area contributed by atoms with Gasteiger partial charge < -0.3 is 13.7 Å². The maximum Gasteiger partial charge on any atom is 0.0782 e. The summed E-state index contributed by atoms with van der Waals surface area (Å²) in [6.45, 7) is 0. The molecule has 0 spiro atoms. The van der Waals surface area contributed by atoms with E-state index < -0.39 is 101 Å². The van der Waals surface area contributed by atoms with Gasteiger partial charge in [0.1, 0.15) is 0 Å². The summed E-state index contributed by atoms with van der Waals surface area (Å²) >= 11 is 0. The molecule has 12 aromatic rings. The molecule has 57 heavy (non-hydrogen) atoms. The Morgan fingerprint density at radius 1 is 0.298 bits per heavy atom. The quantitative estimate of drug-likeness (QED) is 0.167. The van der Waals surface area contributed by atoms with Crippen LogP contribution >= 0.6 is 0 Å². The molecule has 0 amide bonds. The molecule has 3 heteroatoms. The summed E-state index contributed by atoms with van der Waals surface area (Å²) in [5, 5.41) is 5.80. The second-order valence-electron chi connectivity index (χ2n) is 13.9. The molecule has 0 unspecified atom stereocenters. The molecule has 0 atom stereocenters. The zero-order valence-electron chi connectivity index (χ0n) is 43.0. The summed E-state index contributed by atoms with van der Waals surface area (Å²) in [7, 11) is 0. The highest BCUT2D eigenvalue weighted by atomic mass is 15.1. The van der Waals surface area contributed by atoms with Crippen LogP contribution < -0.4 is 0 Å². The number of nitrogens with zero attached hydrogens (tertiary/aromatic N) is 3. The van der Waals surface area contributed by atoms with Gasteiger partial charge in [-0.25, -0.2) is 0 Å². The molecule has 3 aromatic heterocycles. The smallest absolute Gasteiger partial charge is 0.0782 e. The fraction of sp³-hybridized carbons (Fsp3) is 0. The Balaban J connectivity index is 1.13. The molecular weight excluding hydrogens is 691 g/mol. The van der Waals surface area contributed by atoms with Crippen molar-refractivity contribution in [2.24, 2.45) is 0 Å². The summed E-state index contributed by atoms with van der Waals surface area (Å²) < 4.78 is 122. The van der Waals surface area contributed by atoms with Crippen molar-refractivity contribution in [1.82, 2.24) is 13.7 Å². The van der Waals surface area contributed by atoms with Gasteiger partial charge in [-0.3, -0.25) is 0 Å². The number of hydrogen-bond donors (Lipinski definition) is 0. The first kappa shape index (κ1) is 21.5. The van der Waals surface area contributed by atoms with Crippen LogP contribution in [0, 0.1) is 0 Å². The Bertz CT molecular complexity index is 4160. The van der Waals surface area contributed by atoms with Crippen molar-refractivity contribution in [3.05, 3.63) is 212 Å². The standard InChI is InChI=1S/C54H35N3/c1-2-14-36(15-3-1)37-28-30-38(31-29-37)39-32-34-40(35-33-39)55-46-21-8-6-18-43(46)44-20-12-27-52(54(44)55)57-49-24-11-7-19-45(49)53-50(25-13-26-51(53)57)56-47-22-9-4-16-41(47)42-17-5-10-23-48(42)56/h1-35H/i1D,2D,3D,14D,15D,28D,29D,30D,31D,32D,33D,34D,35D. The lowest BCUT2D eigenvalue weighted by atomic mass is 10.0. The van der Waals surface area contributed by atoms with Gasteiger partial charge >= 0.3 is 0 Å². The zero-order valence-corrected chi connectivity index (χ0v) is 30.0. The predicted octanol–water partition coefficient (Wildman–Crippen LogP) is 14.3. The fourth-order valence-corrected chi connectivity index (χ4v) is 8.52. The van der Waals surface area contributed by atoms with Gasteiger partial charge in [-0.15, -0.1) is 0 Å². The fourth-order valence-electron chi connectivity index (χ4n) is 8.52. The van der Waals surface area contributed by atoms with Crippen molar-refractivity contribution in [3.8, 4) is 39.3 Å². The normalized spacial score (nSPS) is 15.1. The zero-order chi connectivity index (χ0) is 48.8. The van der Waals surface area contributed by atoms with Gasteiger partial charge in [0.2, 0.25) is 0 Å². The average molecular weight is 739 g/mol. The van der Waals surface area contributed by atoms with Crippen molar-refractivity contribution in [1.29, 1.82) is 0 Å². The lowest BCUT2D eigenvalue weighted by Crippen LogP contribution is -2.01. The summed E-state index contributed by atoms with van der Waals surface area (Å²) in [5.41, 5.74) is 4.56. The molecule has 0 N–H and O–H groups in total. The number of para-hydroxylation sites is 5. The molecule has 3 heterocycles. The minimum Gasteiger partial charge on any atom is -0.309 e. The molecule has 0 saturated carbocycles. The number of hydrogen-bond acceptors (Lipinski definition) is 0. The van der Waals surface area contributed by atoms with Gasteiger partial charge in [-0.2, -0.15) is 0 Å². The Morgan fingerprint density at radius 3 is 1.32 bits per heavy atom. The van der Waals surface area contributed by atoms with Crippen LogP contribution in [0.5, 0.6) is 0 Å². The van der Waals surface area contributed by atoms with Crippen LogP contribution in [0.25, 0.3) is 105 Å². The van der Waals surface area contributed by atoms with E-state index in [9.17, 15) is 5.48 Å². The van der Waals surface area contributed by atoms with E-state index in [1.807, 2.05) is 84.9 Å². The van der Waals surface area contributed by atoms with E-state index in [0.29, 0.717) is 16.7 Å². The highest BCUT2D eigenvalue weighted by Crippen LogP contribution is 2.43. The Labute approximate surface area is 347 Å². The van der Waals surface area contributed by atoms with Gasteiger partial charge in [0, 0.05) is 38.0 Å². The Morgan fingerprint density at radius 2 is 0.702 bits per heavy atom. The molecule has 0 aliphatic heterocycles. The molecular formula is C54H35N3. The van der Waals surface area contributed by atoms with Gasteiger partial charge in [0.15, 0.2) is 0 Å². The van der Waals surface area contributed by atoms with Gasteiger partial charge in [-0.1, -0.05) is 157 Å². The first-order valence-electron chi connectivity index (χ1n) is 25.1. The maximum absolute atomic E-state index is 9.70. The van der Waals surface area contributed by atoms with Crippen LogP contribution in [0.3, 0.4) is 0 Å². The van der Waals surface area contributed by atoms with E-state index in [1.165, 1.54) is 0 Å². The molecule has 0 saturated heterocycles. The molecule has 0 aliphatic rings. The Hall–Kier alpha value is -7.62. The highest BCUT2D eigenvalue weighted by Gasteiger charge is 2.22. The van der Waals surface area contributed by atoms with E-state index in [1.54, 1.807) is 4.57 Å². The van der Waals surface area contributed by atoms with Crippen molar-refractivity contribution < 1.29 is 17.8 Å². The van der Waals surface area contributed by atoms with Crippen LogP contribution in [0.15, 0.2) is 212 Å². The van der Waals surface area contributed by atoms with E-state index in [2.05, 4.69) is 57.7 Å². The summed E-state index contributed by atoms with van der Waals surface area (Å²) in [4.78, 5) is 0. The lowest BCUT2D eigenvalue weighted by molar-refractivity contribution is 1.13. The number of rotatable bonds is 5. The summed E-state index contributed by atoms with van der Waals surface area (Å²) in [5.74, 6) is 0. The largest absolute Gasteiger partial charge is 0.309 e. The predicted molar refractivity (Wildman–Crippen MR) is 240 cm³/mol. The number of aromatic nitrogens is 3. The Kier molecular flexibility index (Phi) is 4.69. The van der Waals surface area contributed by atoms with E-state index in [4.69, 9.17) is 12.3 Å². The van der Waals surface area contributed by atoms with E-state index in [-0.39, 0.29) is 5.69 Å². The molecule has 9 aromatic carbocycles. The first-order chi connectivity index (χ1) is 33.7. The minimum atomic E-state index is -0.769. The molecule has 0 fully saturated rings. The van der Waals surface area contributed by atoms with Crippen LogP contribution in [0.1, 0.15) is 17.8 Å². The second kappa shape index (κ2) is 12.5. The third-order valence-electron chi connectivity index (χ3n) is 10.9.